The van der Waals surface area contributed by atoms with E-state index in [1.165, 1.54) is 0 Å². The number of alkyl halides is 3. The summed E-state index contributed by atoms with van der Waals surface area (Å²) in [4.78, 5) is 2.97. The lowest BCUT2D eigenvalue weighted by molar-refractivity contribution is -0.146. The van der Waals surface area contributed by atoms with Crippen molar-refractivity contribution in [2.75, 3.05) is 0 Å². The highest BCUT2D eigenvalue weighted by atomic mass is 19.4. The molecule has 1 heterocycles. The average molecular weight is 167 g/mol. The van der Waals surface area contributed by atoms with Crippen LogP contribution < -0.4 is 5.73 Å². The molecule has 0 aliphatic heterocycles. The van der Waals surface area contributed by atoms with Crippen LogP contribution in [0.15, 0.2) is 4.52 Å². The number of hydrogen-bond donors (Lipinski definition) is 1. The molecule has 7 heteroatoms. The molecule has 0 radical (unpaired) electrons. The Morgan fingerprint density at radius 3 is 2.36 bits per heavy atom. The molecule has 2 N–H and O–H groups in total. The summed E-state index contributed by atoms with van der Waals surface area (Å²) in [6.45, 7) is -0.191. The third-order valence-corrected chi connectivity index (χ3v) is 0.896. The summed E-state index contributed by atoms with van der Waals surface area (Å²) in [6, 6.07) is 0. The van der Waals surface area contributed by atoms with E-state index in [0.29, 0.717) is 0 Å². The zero-order valence-electron chi connectivity index (χ0n) is 5.22. The summed E-state index contributed by atoms with van der Waals surface area (Å²) in [6.07, 6.45) is -4.56. The van der Waals surface area contributed by atoms with E-state index in [-0.39, 0.29) is 12.4 Å². The summed E-state index contributed by atoms with van der Waals surface area (Å²) in [7, 11) is 0. The molecule has 0 aromatic carbocycles. The maximum absolute atomic E-state index is 11.7. The van der Waals surface area contributed by atoms with Gasteiger partial charge in [-0.2, -0.15) is 18.2 Å². The first kappa shape index (κ1) is 7.99. The first-order valence-corrected chi connectivity index (χ1v) is 2.64. The minimum atomic E-state index is -4.56. The summed E-state index contributed by atoms with van der Waals surface area (Å²) in [5.74, 6) is -1.52. The molecule has 0 spiro atoms. The maximum atomic E-state index is 11.7. The maximum Gasteiger partial charge on any atom is 0.455 e. The highest BCUT2D eigenvalue weighted by molar-refractivity contribution is 4.89. The summed E-state index contributed by atoms with van der Waals surface area (Å²) < 4.78 is 39.3. The van der Waals surface area contributed by atoms with Gasteiger partial charge in [-0.25, -0.2) is 0 Å². The van der Waals surface area contributed by atoms with Crippen molar-refractivity contribution in [2.45, 2.75) is 12.7 Å². The Bertz CT molecular complexity index is 243. The van der Waals surface area contributed by atoms with E-state index in [1.54, 1.807) is 0 Å². The molecule has 0 unspecified atom stereocenters. The van der Waals surface area contributed by atoms with Gasteiger partial charge >= 0.3 is 6.18 Å². The van der Waals surface area contributed by atoms with E-state index in [9.17, 15) is 13.2 Å². The predicted octanol–water partition coefficient (Wildman–Crippen LogP) is 0.547. The minimum Gasteiger partial charge on any atom is -0.338 e. The van der Waals surface area contributed by atoms with Crippen molar-refractivity contribution >= 4 is 0 Å². The Labute approximate surface area is 59.2 Å². The molecule has 4 nitrogen and oxygen atoms in total. The van der Waals surface area contributed by atoms with Gasteiger partial charge in [0.15, 0.2) is 0 Å². The van der Waals surface area contributed by atoms with Crippen LogP contribution in [0.2, 0.25) is 0 Å². The monoisotopic (exact) mass is 167 g/mol. The van der Waals surface area contributed by atoms with Crippen LogP contribution in [0, 0.1) is 0 Å². The van der Waals surface area contributed by atoms with Gasteiger partial charge < -0.3 is 10.3 Å². The molecule has 0 aliphatic carbocycles. The molecule has 1 rings (SSSR count). The van der Waals surface area contributed by atoms with Crippen molar-refractivity contribution in [3.8, 4) is 0 Å². The quantitative estimate of drug-likeness (QED) is 0.663. The van der Waals surface area contributed by atoms with Crippen LogP contribution in [-0.4, -0.2) is 10.1 Å². The van der Waals surface area contributed by atoms with Gasteiger partial charge in [0, 0.05) is 0 Å². The van der Waals surface area contributed by atoms with Crippen molar-refractivity contribution in [1.29, 1.82) is 0 Å². The lowest BCUT2D eigenvalue weighted by Crippen LogP contribution is -2.07. The second-order valence-corrected chi connectivity index (χ2v) is 1.71. The van der Waals surface area contributed by atoms with E-state index in [2.05, 4.69) is 14.7 Å². The third kappa shape index (κ3) is 1.67. The molecule has 0 saturated carbocycles. The predicted molar refractivity (Wildman–Crippen MR) is 27.2 cm³/mol. The summed E-state index contributed by atoms with van der Waals surface area (Å²) >= 11 is 0. The van der Waals surface area contributed by atoms with Crippen LogP contribution in [0.25, 0.3) is 0 Å². The minimum absolute atomic E-state index is 0.191. The number of nitrogens with zero attached hydrogens (tertiary/aromatic N) is 2. The van der Waals surface area contributed by atoms with Crippen LogP contribution in [0.1, 0.15) is 11.7 Å². The van der Waals surface area contributed by atoms with Crippen molar-refractivity contribution in [2.24, 2.45) is 5.73 Å². The first-order chi connectivity index (χ1) is 5.04. The zero-order valence-corrected chi connectivity index (χ0v) is 5.22. The summed E-state index contributed by atoms with van der Waals surface area (Å²) in [5, 5.41) is 2.67. The van der Waals surface area contributed by atoms with Crippen molar-refractivity contribution in [3.05, 3.63) is 11.7 Å². The highest BCUT2D eigenvalue weighted by Crippen LogP contribution is 2.25. The Balaban J connectivity index is 2.89. The van der Waals surface area contributed by atoms with Crippen molar-refractivity contribution in [3.63, 3.8) is 0 Å². The lowest BCUT2D eigenvalue weighted by atomic mass is 10.6. The molecule has 1 aromatic rings. The fourth-order valence-electron chi connectivity index (χ4n) is 0.453. The first-order valence-electron chi connectivity index (χ1n) is 2.64. The molecule has 0 amide bonds. The number of aromatic nitrogens is 2. The normalized spacial score (nSPS) is 12.0. The van der Waals surface area contributed by atoms with Crippen LogP contribution in [-0.2, 0) is 12.7 Å². The van der Waals surface area contributed by atoms with E-state index in [4.69, 9.17) is 5.73 Å². The number of rotatable bonds is 1. The molecule has 1 aromatic heterocycles. The van der Waals surface area contributed by atoms with Crippen LogP contribution in [0.5, 0.6) is 0 Å². The average Bonchev–Trinajstić information content (AvgIpc) is 2.32. The van der Waals surface area contributed by atoms with E-state index < -0.39 is 12.0 Å². The van der Waals surface area contributed by atoms with Gasteiger partial charge in [-0.3, -0.25) is 0 Å². The summed E-state index contributed by atoms with van der Waals surface area (Å²) in [5.41, 5.74) is 4.94. The Hall–Kier alpha value is -1.11. The molecule has 0 aliphatic rings. The van der Waals surface area contributed by atoms with E-state index in [1.807, 2.05) is 0 Å². The van der Waals surface area contributed by atoms with E-state index >= 15 is 0 Å². The molecular weight excluding hydrogens is 163 g/mol. The van der Waals surface area contributed by atoms with Crippen molar-refractivity contribution in [1.82, 2.24) is 10.1 Å². The highest BCUT2D eigenvalue weighted by Gasteiger charge is 2.36. The van der Waals surface area contributed by atoms with Gasteiger partial charge in [-0.05, 0) is 0 Å². The fourth-order valence-corrected chi connectivity index (χ4v) is 0.453. The van der Waals surface area contributed by atoms with E-state index in [0.717, 1.165) is 0 Å². The third-order valence-electron chi connectivity index (χ3n) is 0.896. The van der Waals surface area contributed by atoms with Crippen molar-refractivity contribution < 1.29 is 17.7 Å². The fraction of sp³-hybridized carbons (Fsp3) is 0.500. The number of nitrogens with two attached hydrogens (primary N) is 1. The van der Waals surface area contributed by atoms with Crippen LogP contribution in [0.4, 0.5) is 13.2 Å². The molecular formula is C4H4F3N3O. The Morgan fingerprint density at radius 2 is 2.09 bits per heavy atom. The molecule has 0 bridgehead atoms. The van der Waals surface area contributed by atoms with Gasteiger partial charge in [0.1, 0.15) is 0 Å². The largest absolute Gasteiger partial charge is 0.455 e. The van der Waals surface area contributed by atoms with Gasteiger partial charge in [-0.1, -0.05) is 5.16 Å². The van der Waals surface area contributed by atoms with Gasteiger partial charge in [0.2, 0.25) is 5.89 Å². The lowest BCUT2D eigenvalue weighted by Gasteiger charge is -1.95. The standard InChI is InChI=1S/C4H4F3N3O/c5-4(6,7)3-9-2(1-8)11-10-3/h1,8H2. The molecule has 0 saturated heterocycles. The SMILES string of the molecule is NCc1nc(C(F)(F)F)no1. The zero-order chi connectivity index (χ0) is 8.48. The second kappa shape index (κ2) is 2.50. The second-order valence-electron chi connectivity index (χ2n) is 1.71. The van der Waals surface area contributed by atoms with Crippen LogP contribution >= 0.6 is 0 Å². The topological polar surface area (TPSA) is 64.9 Å². The molecule has 11 heavy (non-hydrogen) atoms. The van der Waals surface area contributed by atoms with Crippen LogP contribution in [0.3, 0.4) is 0 Å². The number of halogens is 3. The molecule has 0 fully saturated rings. The smallest absolute Gasteiger partial charge is 0.338 e. The van der Waals surface area contributed by atoms with Gasteiger partial charge in [0.25, 0.3) is 5.82 Å². The van der Waals surface area contributed by atoms with Gasteiger partial charge in [0.05, 0.1) is 6.54 Å². The number of hydrogen-bond acceptors (Lipinski definition) is 4. The Morgan fingerprint density at radius 1 is 1.45 bits per heavy atom. The molecule has 0 atom stereocenters. The van der Waals surface area contributed by atoms with Gasteiger partial charge in [-0.15, -0.1) is 0 Å². The molecule has 62 valence electrons. The Kier molecular flexibility index (Phi) is 1.81.